The number of nitrogens with zero attached hydrogens (tertiary/aromatic N) is 2. The summed E-state index contributed by atoms with van der Waals surface area (Å²) < 4.78 is 17.3. The maximum Gasteiger partial charge on any atom is 0.410 e. The molecule has 4 amide bonds. The lowest BCUT2D eigenvalue weighted by atomic mass is 10.0. The summed E-state index contributed by atoms with van der Waals surface area (Å²) in [6.07, 6.45) is 7.53. The first-order valence-electron chi connectivity index (χ1n) is 18.3. The van der Waals surface area contributed by atoms with E-state index < -0.39 is 59.3 Å². The minimum absolute atomic E-state index is 0.0215. The molecule has 3 fully saturated rings. The smallest absolute Gasteiger partial charge is 0.410 e. The number of benzene rings is 1. The number of rotatable bonds is 8. The standard InChI is InChI=1S/C37H51N5O9/c1-36(2,3)51-34(47)39-29-10-8-6-4-5-7-9-25-19-37(25,33(45)46)40-31(43)30-18-28(22-42(30)32(29)44)50-35(48)41-20-23-11-14-27(17-24(23)21-41)49-16-15-38-26-12-13-26/h7,9,11,14,17,25-26,28-30,38H,4-6,8,10,12-13,15-16,18-22H2,1-3H3,(H,39,47)(H,40,43)(H,45,46)/b9-7-/t25-,28+,29-,30-,37+/m0/s1. The molecule has 14 nitrogen and oxygen atoms in total. The molecule has 2 saturated carbocycles. The number of hydrogen-bond acceptors (Lipinski definition) is 9. The molecule has 5 atom stereocenters. The van der Waals surface area contributed by atoms with Crippen LogP contribution in [0.15, 0.2) is 30.4 Å². The summed E-state index contributed by atoms with van der Waals surface area (Å²) in [4.78, 5) is 69.7. The zero-order chi connectivity index (χ0) is 36.3. The van der Waals surface area contributed by atoms with Gasteiger partial charge in [0.1, 0.15) is 41.7 Å². The molecule has 6 rings (SSSR count). The predicted molar refractivity (Wildman–Crippen MR) is 185 cm³/mol. The van der Waals surface area contributed by atoms with E-state index >= 15 is 0 Å². The number of carbonyl (C=O) groups excluding carboxylic acids is 4. The van der Waals surface area contributed by atoms with E-state index in [9.17, 15) is 29.1 Å². The van der Waals surface area contributed by atoms with Crippen LogP contribution >= 0.6 is 0 Å². The van der Waals surface area contributed by atoms with Crippen LogP contribution in [0, 0.1) is 5.92 Å². The number of aliphatic carboxylic acids is 1. The summed E-state index contributed by atoms with van der Waals surface area (Å²) in [5.41, 5.74) is -0.330. The Balaban J connectivity index is 1.15. The summed E-state index contributed by atoms with van der Waals surface area (Å²) in [6.45, 7) is 7.06. The second-order valence-corrected chi connectivity index (χ2v) is 15.5. The van der Waals surface area contributed by atoms with Gasteiger partial charge in [0.15, 0.2) is 0 Å². The molecule has 51 heavy (non-hydrogen) atoms. The molecule has 3 aliphatic heterocycles. The van der Waals surface area contributed by atoms with E-state index in [1.807, 2.05) is 30.4 Å². The van der Waals surface area contributed by atoms with Crippen LogP contribution in [0.25, 0.3) is 0 Å². The Morgan fingerprint density at radius 1 is 1.06 bits per heavy atom. The highest BCUT2D eigenvalue weighted by Gasteiger charge is 2.61. The Bertz CT molecular complexity index is 1540. The molecule has 0 bridgehead atoms. The van der Waals surface area contributed by atoms with E-state index in [2.05, 4.69) is 16.0 Å². The molecule has 278 valence electrons. The molecule has 2 aliphatic carbocycles. The fourth-order valence-corrected chi connectivity index (χ4v) is 7.12. The van der Waals surface area contributed by atoms with Crippen LogP contribution < -0.4 is 20.7 Å². The zero-order valence-corrected chi connectivity index (χ0v) is 29.8. The van der Waals surface area contributed by atoms with Crippen LogP contribution in [-0.2, 0) is 36.9 Å². The Kier molecular flexibility index (Phi) is 10.8. The number of amides is 4. The number of fused-ring (bicyclic) bond motifs is 3. The maximum atomic E-state index is 14.2. The van der Waals surface area contributed by atoms with Crippen LogP contribution in [0.2, 0.25) is 0 Å². The first kappa shape index (κ1) is 36.5. The van der Waals surface area contributed by atoms with Gasteiger partial charge in [0.25, 0.3) is 0 Å². The van der Waals surface area contributed by atoms with Crippen LogP contribution in [0.4, 0.5) is 9.59 Å². The fraction of sp³-hybridized carbons (Fsp3) is 0.649. The van der Waals surface area contributed by atoms with E-state index in [0.29, 0.717) is 38.6 Å². The van der Waals surface area contributed by atoms with Gasteiger partial charge in [-0.3, -0.25) is 14.5 Å². The van der Waals surface area contributed by atoms with Crippen molar-refractivity contribution < 1.29 is 43.3 Å². The van der Waals surface area contributed by atoms with Gasteiger partial charge in [-0.15, -0.1) is 0 Å². The second-order valence-electron chi connectivity index (χ2n) is 15.5. The molecule has 0 radical (unpaired) electrons. The summed E-state index contributed by atoms with van der Waals surface area (Å²) in [7, 11) is 0. The van der Waals surface area contributed by atoms with Gasteiger partial charge in [-0.05, 0) is 82.6 Å². The van der Waals surface area contributed by atoms with Gasteiger partial charge in [0, 0.05) is 38.0 Å². The largest absolute Gasteiger partial charge is 0.492 e. The SMILES string of the molecule is CC(C)(C)OC(=O)N[C@H]1CCCCC/C=C\[C@H]2C[C@@]2(C(=O)O)NC(=O)[C@@H]2C[C@@H](OC(=O)N3Cc4ccc(OCCNC5CC5)cc4C3)CN2C1=O. The van der Waals surface area contributed by atoms with Gasteiger partial charge in [0.2, 0.25) is 11.8 Å². The summed E-state index contributed by atoms with van der Waals surface area (Å²) >= 11 is 0. The highest BCUT2D eigenvalue weighted by molar-refractivity contribution is 5.96. The predicted octanol–water partition coefficient (Wildman–Crippen LogP) is 3.61. The topological polar surface area (TPSA) is 176 Å². The Labute approximate surface area is 298 Å². The van der Waals surface area contributed by atoms with Crippen molar-refractivity contribution in [2.24, 2.45) is 5.92 Å². The molecule has 14 heteroatoms. The molecule has 0 unspecified atom stereocenters. The fourth-order valence-electron chi connectivity index (χ4n) is 7.12. The van der Waals surface area contributed by atoms with Crippen molar-refractivity contribution in [1.29, 1.82) is 0 Å². The lowest BCUT2D eigenvalue weighted by Crippen LogP contribution is -2.56. The lowest BCUT2D eigenvalue weighted by Gasteiger charge is -2.30. The average Bonchev–Trinajstić information content (AvgIpc) is 3.92. The van der Waals surface area contributed by atoms with Gasteiger partial charge in [-0.25, -0.2) is 14.4 Å². The third-order valence-electron chi connectivity index (χ3n) is 10.1. The summed E-state index contributed by atoms with van der Waals surface area (Å²) in [5, 5.41) is 19.0. The number of alkyl carbamates (subject to hydrolysis) is 1. The number of ether oxygens (including phenoxy) is 3. The van der Waals surface area contributed by atoms with E-state index in [1.54, 1.807) is 25.7 Å². The van der Waals surface area contributed by atoms with Crippen molar-refractivity contribution >= 4 is 30.0 Å². The monoisotopic (exact) mass is 709 g/mol. The first-order chi connectivity index (χ1) is 24.3. The van der Waals surface area contributed by atoms with Crippen LogP contribution in [0.1, 0.15) is 89.7 Å². The van der Waals surface area contributed by atoms with E-state index in [-0.39, 0.29) is 25.3 Å². The van der Waals surface area contributed by atoms with Gasteiger partial charge < -0.3 is 40.2 Å². The molecule has 5 aliphatic rings. The van der Waals surface area contributed by atoms with Crippen molar-refractivity contribution in [1.82, 2.24) is 25.8 Å². The number of hydrogen-bond donors (Lipinski definition) is 4. The highest BCUT2D eigenvalue weighted by Crippen LogP contribution is 2.45. The third kappa shape index (κ3) is 9.13. The highest BCUT2D eigenvalue weighted by atomic mass is 16.6. The Hall–Kier alpha value is -4.33. The minimum atomic E-state index is -1.47. The number of carboxylic acids is 1. The van der Waals surface area contributed by atoms with Crippen molar-refractivity contribution in [3.05, 3.63) is 41.5 Å². The Morgan fingerprint density at radius 3 is 2.59 bits per heavy atom. The van der Waals surface area contributed by atoms with Crippen LogP contribution in [0.5, 0.6) is 5.75 Å². The minimum Gasteiger partial charge on any atom is -0.492 e. The third-order valence-corrected chi connectivity index (χ3v) is 10.1. The van der Waals surface area contributed by atoms with Gasteiger partial charge in [0.05, 0.1) is 6.54 Å². The zero-order valence-electron chi connectivity index (χ0n) is 29.8. The van der Waals surface area contributed by atoms with Gasteiger partial charge in [-0.2, -0.15) is 0 Å². The van der Waals surface area contributed by atoms with Crippen molar-refractivity contribution in [2.75, 3.05) is 19.7 Å². The first-order valence-corrected chi connectivity index (χ1v) is 18.3. The van der Waals surface area contributed by atoms with Gasteiger partial charge in [-0.1, -0.05) is 31.1 Å². The molecule has 1 saturated heterocycles. The van der Waals surface area contributed by atoms with Crippen molar-refractivity contribution in [3.8, 4) is 5.75 Å². The molecule has 0 spiro atoms. The molecular formula is C37H51N5O9. The molecule has 1 aromatic rings. The average molecular weight is 710 g/mol. The summed E-state index contributed by atoms with van der Waals surface area (Å²) in [5.74, 6) is -1.94. The van der Waals surface area contributed by atoms with E-state index in [0.717, 1.165) is 42.7 Å². The molecule has 1 aromatic carbocycles. The number of allylic oxidation sites excluding steroid dienone is 1. The second kappa shape index (κ2) is 15.1. The van der Waals surface area contributed by atoms with Crippen LogP contribution in [0.3, 0.4) is 0 Å². The number of carboxylic acid groups (broad SMARTS) is 1. The lowest BCUT2D eigenvalue weighted by molar-refractivity contribution is -0.145. The van der Waals surface area contributed by atoms with Crippen LogP contribution in [-0.4, -0.2) is 99.9 Å². The normalized spacial score (nSPS) is 28.6. The number of carbonyl (C=O) groups is 5. The van der Waals surface area contributed by atoms with Crippen molar-refractivity contribution in [3.63, 3.8) is 0 Å². The molecule has 4 N–H and O–H groups in total. The van der Waals surface area contributed by atoms with Crippen molar-refractivity contribution in [2.45, 2.75) is 127 Å². The molecular weight excluding hydrogens is 658 g/mol. The molecule has 3 heterocycles. The quantitative estimate of drug-likeness (QED) is 0.231. The molecule has 0 aromatic heterocycles. The van der Waals surface area contributed by atoms with Gasteiger partial charge >= 0.3 is 18.2 Å². The summed E-state index contributed by atoms with van der Waals surface area (Å²) in [6, 6.07) is 4.26. The van der Waals surface area contributed by atoms with E-state index in [4.69, 9.17) is 14.2 Å². The van der Waals surface area contributed by atoms with E-state index in [1.165, 1.54) is 17.7 Å². The number of nitrogens with one attached hydrogen (secondary N) is 3. The Morgan fingerprint density at radius 2 is 1.84 bits per heavy atom. The maximum absolute atomic E-state index is 14.2.